The van der Waals surface area contributed by atoms with E-state index in [2.05, 4.69) is 0 Å². The Kier molecular flexibility index (Phi) is 4.53. The van der Waals surface area contributed by atoms with Gasteiger partial charge in [-0.2, -0.15) is 0 Å². The highest BCUT2D eigenvalue weighted by atomic mass is 35.5. The average molecular weight is 373 g/mol. The van der Waals surface area contributed by atoms with Crippen LogP contribution in [-0.2, 0) is 0 Å². The van der Waals surface area contributed by atoms with E-state index in [0.29, 0.717) is 16.3 Å². The van der Waals surface area contributed by atoms with Gasteiger partial charge in [0.25, 0.3) is 5.56 Å². The molecule has 0 unspecified atom stereocenters. The van der Waals surface area contributed by atoms with Gasteiger partial charge >= 0.3 is 0 Å². The van der Waals surface area contributed by atoms with Gasteiger partial charge in [0.2, 0.25) is 0 Å². The zero-order chi connectivity index (χ0) is 18.8. The monoisotopic (exact) mass is 372 g/mol. The fraction of sp³-hybridized carbons (Fsp3) is 0. The standard InChI is InChI=1S/C23H17ClN2O/c24-19-13-7-12-18(14-19)21-15-20(16-8-3-1-4-9-16)22(23(27)26(21)25)17-10-5-2-6-11-17/h1-15H,25H2. The molecule has 0 radical (unpaired) electrons. The molecule has 4 rings (SSSR count). The van der Waals surface area contributed by atoms with Crippen LogP contribution in [0.1, 0.15) is 0 Å². The maximum absolute atomic E-state index is 13.2. The number of hydrogen-bond acceptors (Lipinski definition) is 2. The predicted octanol–water partition coefficient (Wildman–Crippen LogP) is 5.22. The Hall–Kier alpha value is -3.30. The van der Waals surface area contributed by atoms with Crippen LogP contribution in [0.3, 0.4) is 0 Å². The first-order chi connectivity index (χ1) is 13.1. The van der Waals surface area contributed by atoms with Crippen LogP contribution in [0.15, 0.2) is 95.8 Å². The van der Waals surface area contributed by atoms with Gasteiger partial charge in [0.05, 0.1) is 11.3 Å². The highest BCUT2D eigenvalue weighted by Crippen LogP contribution is 2.33. The van der Waals surface area contributed by atoms with Crippen LogP contribution in [0.4, 0.5) is 0 Å². The quantitative estimate of drug-likeness (QED) is 0.501. The van der Waals surface area contributed by atoms with Crippen molar-refractivity contribution in [2.45, 2.75) is 0 Å². The number of aromatic nitrogens is 1. The summed E-state index contributed by atoms with van der Waals surface area (Å²) in [6, 6.07) is 28.7. The molecule has 1 aromatic heterocycles. The van der Waals surface area contributed by atoms with Gasteiger partial charge in [-0.05, 0) is 34.9 Å². The van der Waals surface area contributed by atoms with E-state index in [0.717, 1.165) is 22.3 Å². The van der Waals surface area contributed by atoms with E-state index in [1.54, 1.807) is 12.1 Å². The fourth-order valence-electron chi connectivity index (χ4n) is 3.22. The lowest BCUT2D eigenvalue weighted by atomic mass is 9.94. The lowest BCUT2D eigenvalue weighted by molar-refractivity contribution is 0.951. The molecule has 0 atom stereocenters. The molecule has 0 aliphatic heterocycles. The Morgan fingerprint density at radius 3 is 1.93 bits per heavy atom. The number of nitrogen functional groups attached to an aromatic ring is 1. The highest BCUT2D eigenvalue weighted by molar-refractivity contribution is 6.30. The molecule has 1 heterocycles. The largest absolute Gasteiger partial charge is 0.336 e. The topological polar surface area (TPSA) is 48.0 Å². The van der Waals surface area contributed by atoms with Crippen molar-refractivity contribution >= 4 is 11.6 Å². The molecule has 27 heavy (non-hydrogen) atoms. The van der Waals surface area contributed by atoms with Crippen LogP contribution in [0, 0.1) is 0 Å². The van der Waals surface area contributed by atoms with E-state index in [9.17, 15) is 4.79 Å². The Bertz CT molecular complexity index is 1150. The first-order valence-electron chi connectivity index (χ1n) is 8.57. The molecule has 4 aromatic rings. The molecule has 4 heteroatoms. The number of rotatable bonds is 3. The van der Waals surface area contributed by atoms with Crippen LogP contribution in [-0.4, -0.2) is 4.68 Å². The van der Waals surface area contributed by atoms with E-state index in [1.165, 1.54) is 4.68 Å². The highest BCUT2D eigenvalue weighted by Gasteiger charge is 2.17. The molecule has 3 aromatic carbocycles. The number of pyridine rings is 1. The molecule has 0 fully saturated rings. The minimum atomic E-state index is -0.252. The third-order valence-electron chi connectivity index (χ3n) is 4.51. The average Bonchev–Trinajstić information content (AvgIpc) is 2.71. The summed E-state index contributed by atoms with van der Waals surface area (Å²) in [6.45, 7) is 0. The Balaban J connectivity index is 2.06. The lowest BCUT2D eigenvalue weighted by Crippen LogP contribution is -2.30. The predicted molar refractivity (Wildman–Crippen MR) is 112 cm³/mol. The van der Waals surface area contributed by atoms with E-state index in [1.807, 2.05) is 78.9 Å². The van der Waals surface area contributed by atoms with Crippen LogP contribution in [0.25, 0.3) is 33.5 Å². The van der Waals surface area contributed by atoms with Crippen molar-refractivity contribution in [2.24, 2.45) is 0 Å². The molecule has 0 bridgehead atoms. The molecule has 3 nitrogen and oxygen atoms in total. The van der Waals surface area contributed by atoms with Gasteiger partial charge in [0.15, 0.2) is 0 Å². The summed E-state index contributed by atoms with van der Waals surface area (Å²) >= 11 is 6.14. The van der Waals surface area contributed by atoms with Crippen molar-refractivity contribution in [1.29, 1.82) is 0 Å². The second-order valence-corrected chi connectivity index (χ2v) is 6.67. The van der Waals surface area contributed by atoms with Gasteiger partial charge in [0.1, 0.15) is 0 Å². The minimum Gasteiger partial charge on any atom is -0.336 e. The first kappa shape index (κ1) is 17.1. The van der Waals surface area contributed by atoms with Gasteiger partial charge < -0.3 is 5.84 Å². The van der Waals surface area contributed by atoms with Crippen LogP contribution in [0.2, 0.25) is 5.02 Å². The summed E-state index contributed by atoms with van der Waals surface area (Å²) in [5, 5.41) is 0.591. The molecule has 2 N–H and O–H groups in total. The number of hydrogen-bond donors (Lipinski definition) is 1. The molecule has 0 spiro atoms. The van der Waals surface area contributed by atoms with Crippen molar-refractivity contribution in [3.63, 3.8) is 0 Å². The second-order valence-electron chi connectivity index (χ2n) is 6.24. The molecular formula is C23H17ClN2O. The number of benzene rings is 3. The minimum absolute atomic E-state index is 0.252. The van der Waals surface area contributed by atoms with Gasteiger partial charge in [-0.3, -0.25) is 4.79 Å². The summed E-state index contributed by atoms with van der Waals surface area (Å²) in [5.74, 6) is 6.21. The molecule has 0 amide bonds. The maximum Gasteiger partial charge on any atom is 0.277 e. The lowest BCUT2D eigenvalue weighted by Gasteiger charge is -2.16. The van der Waals surface area contributed by atoms with Crippen molar-refractivity contribution in [2.75, 3.05) is 5.84 Å². The SMILES string of the molecule is Nn1c(-c2cccc(Cl)c2)cc(-c2ccccc2)c(-c2ccccc2)c1=O. The van der Waals surface area contributed by atoms with Crippen molar-refractivity contribution < 1.29 is 0 Å². The van der Waals surface area contributed by atoms with Crippen molar-refractivity contribution in [3.8, 4) is 33.5 Å². The summed E-state index contributed by atoms with van der Waals surface area (Å²) in [5.41, 5.74) is 4.35. The summed E-state index contributed by atoms with van der Waals surface area (Å²) in [6.07, 6.45) is 0. The molecule has 0 saturated heterocycles. The van der Waals surface area contributed by atoms with Crippen LogP contribution < -0.4 is 11.4 Å². The zero-order valence-electron chi connectivity index (χ0n) is 14.5. The van der Waals surface area contributed by atoms with Crippen molar-refractivity contribution in [1.82, 2.24) is 4.68 Å². The summed E-state index contributed by atoms with van der Waals surface area (Å²) in [7, 11) is 0. The van der Waals surface area contributed by atoms with E-state index < -0.39 is 0 Å². The maximum atomic E-state index is 13.2. The van der Waals surface area contributed by atoms with Crippen LogP contribution in [0.5, 0.6) is 0 Å². The molecular weight excluding hydrogens is 356 g/mol. The summed E-state index contributed by atoms with van der Waals surface area (Å²) in [4.78, 5) is 13.2. The molecule has 0 saturated carbocycles. The molecule has 0 aliphatic rings. The normalized spacial score (nSPS) is 10.7. The third-order valence-corrected chi connectivity index (χ3v) is 4.75. The van der Waals surface area contributed by atoms with Gasteiger partial charge in [-0.1, -0.05) is 84.4 Å². The first-order valence-corrected chi connectivity index (χ1v) is 8.95. The second kappa shape index (κ2) is 7.14. The summed E-state index contributed by atoms with van der Waals surface area (Å²) < 4.78 is 1.19. The van der Waals surface area contributed by atoms with Gasteiger partial charge in [0, 0.05) is 10.6 Å². The smallest absolute Gasteiger partial charge is 0.277 e. The Labute approximate surface area is 162 Å². The van der Waals surface area contributed by atoms with Gasteiger partial charge in [-0.25, -0.2) is 4.68 Å². The fourth-order valence-corrected chi connectivity index (χ4v) is 3.41. The Morgan fingerprint density at radius 1 is 0.704 bits per heavy atom. The number of halogens is 1. The number of nitrogens with zero attached hydrogens (tertiary/aromatic N) is 1. The third kappa shape index (κ3) is 3.25. The van der Waals surface area contributed by atoms with E-state index >= 15 is 0 Å². The molecule has 0 aliphatic carbocycles. The van der Waals surface area contributed by atoms with E-state index in [-0.39, 0.29) is 5.56 Å². The van der Waals surface area contributed by atoms with Gasteiger partial charge in [-0.15, -0.1) is 0 Å². The molecule has 132 valence electrons. The number of nitrogens with two attached hydrogens (primary N) is 1. The Morgan fingerprint density at radius 2 is 1.30 bits per heavy atom. The zero-order valence-corrected chi connectivity index (χ0v) is 15.2. The van der Waals surface area contributed by atoms with Crippen molar-refractivity contribution in [3.05, 3.63) is 106 Å². The van der Waals surface area contributed by atoms with E-state index in [4.69, 9.17) is 17.4 Å². The van der Waals surface area contributed by atoms with Crippen LogP contribution >= 0.6 is 11.6 Å².